The van der Waals surface area contributed by atoms with Crippen molar-refractivity contribution >= 4 is 16.3 Å². The summed E-state index contributed by atoms with van der Waals surface area (Å²) in [7, 11) is -5.10. The van der Waals surface area contributed by atoms with E-state index in [0.29, 0.717) is 6.42 Å². The molecule has 1 aliphatic heterocycles. The van der Waals surface area contributed by atoms with Crippen molar-refractivity contribution in [2.45, 2.75) is 429 Å². The van der Waals surface area contributed by atoms with Crippen LogP contribution >= 0.6 is 0 Å². The van der Waals surface area contributed by atoms with Gasteiger partial charge in [0.25, 0.3) is 0 Å². The Morgan fingerprint density at radius 2 is 0.753 bits per heavy atom. The van der Waals surface area contributed by atoms with Crippen LogP contribution in [0, 0.1) is 0 Å². The molecule has 6 N–H and O–H groups in total. The molecule has 0 spiro atoms. The molecule has 0 radical (unpaired) electrons. The van der Waals surface area contributed by atoms with Gasteiger partial charge in [-0.3, -0.25) is 9.35 Å². The summed E-state index contributed by atoms with van der Waals surface area (Å²) < 4.78 is 48.1. The highest BCUT2D eigenvalue weighted by molar-refractivity contribution is 7.80. The maximum Gasteiger partial charge on any atom is 0.397 e. The van der Waals surface area contributed by atoms with Gasteiger partial charge >= 0.3 is 10.4 Å². The van der Waals surface area contributed by atoms with E-state index in [2.05, 4.69) is 47.7 Å². The lowest BCUT2D eigenvalue weighted by Crippen LogP contribution is -2.61. The fourth-order valence-electron chi connectivity index (χ4n) is 12.6. The predicted molar refractivity (Wildman–Crippen MR) is 375 cm³/mol. The van der Waals surface area contributed by atoms with E-state index in [1.54, 1.807) is 6.08 Å². The molecule has 7 unspecified atom stereocenters. The zero-order valence-corrected chi connectivity index (χ0v) is 58.8. The van der Waals surface area contributed by atoms with Crippen LogP contribution < -0.4 is 5.32 Å². The van der Waals surface area contributed by atoms with Crippen LogP contribution in [0.25, 0.3) is 0 Å². The Kier molecular flexibility index (Phi) is 62.3. The lowest BCUT2D eigenvalue weighted by molar-refractivity contribution is -0.298. The number of allylic oxidation sites excluding steroid dienone is 5. The molecule has 89 heavy (non-hydrogen) atoms. The van der Waals surface area contributed by atoms with Gasteiger partial charge in [0, 0.05) is 6.42 Å². The van der Waals surface area contributed by atoms with E-state index < -0.39 is 59.9 Å². The molecule has 0 aromatic carbocycles. The second-order valence-electron chi connectivity index (χ2n) is 26.9. The van der Waals surface area contributed by atoms with Crippen molar-refractivity contribution in [2.24, 2.45) is 0 Å². The number of unbranched alkanes of at least 4 members (excludes halogenated alkanes) is 53. The Bertz CT molecular complexity index is 1700. The largest absolute Gasteiger partial charge is 0.397 e. The monoisotopic (exact) mass is 1280 g/mol. The fourth-order valence-corrected chi connectivity index (χ4v) is 13.1. The molecule has 0 saturated carbocycles. The summed E-state index contributed by atoms with van der Waals surface area (Å²) >= 11 is 0. The minimum Gasteiger partial charge on any atom is -0.394 e. The number of carbonyl (C=O) groups is 1. The van der Waals surface area contributed by atoms with E-state index in [9.17, 15) is 38.2 Å². The van der Waals surface area contributed by atoms with Gasteiger partial charge in [0.2, 0.25) is 5.91 Å². The molecule has 0 bridgehead atoms. The first-order chi connectivity index (χ1) is 43.5. The molecule has 1 aliphatic rings. The van der Waals surface area contributed by atoms with E-state index in [-0.39, 0.29) is 18.9 Å². The van der Waals surface area contributed by atoms with Crippen molar-refractivity contribution in [3.05, 3.63) is 36.5 Å². The third kappa shape index (κ3) is 56.4. The minimum atomic E-state index is -5.10. The van der Waals surface area contributed by atoms with Gasteiger partial charge in [-0.15, -0.1) is 0 Å². The number of rotatable bonds is 69. The molecule has 1 saturated heterocycles. The summed E-state index contributed by atoms with van der Waals surface area (Å²) in [5, 5.41) is 45.2. The molecular formula is C76H145NO11S. The van der Waals surface area contributed by atoms with Gasteiger partial charge in [0.05, 0.1) is 25.4 Å². The average molecular weight is 1280 g/mol. The number of hydrogen-bond acceptors (Lipinski definition) is 10. The van der Waals surface area contributed by atoms with E-state index in [1.165, 1.54) is 315 Å². The van der Waals surface area contributed by atoms with Crippen LogP contribution in [-0.2, 0) is 28.9 Å². The van der Waals surface area contributed by atoms with Gasteiger partial charge in [-0.05, 0) is 51.4 Å². The quantitative estimate of drug-likeness (QED) is 0.0193. The second kappa shape index (κ2) is 65.0. The normalized spacial score (nSPS) is 18.1. The standard InChI is InChI=1S/C76H145NO11S/c1-3-5-7-9-11-13-15-17-19-21-23-25-27-28-29-30-31-32-33-34-35-36-37-38-39-40-41-42-44-46-48-50-52-54-56-58-60-62-64-66-72(80)77-69(68-86-76-74(82)75(88-89(83,84)85)73(81)71(67-78)87-76)70(79)65-63-61-59-57-55-53-51-49-47-45-43-26-24-22-20-18-16-14-12-10-8-6-4-2/h31-32,34-35,63,65,69-71,73-76,78-79,81-82H,3-30,33,36-62,64,66-68H2,1-2H3,(H,77,80)(H,83,84,85)/b32-31-,35-34-,65-63+. The van der Waals surface area contributed by atoms with Crippen molar-refractivity contribution in [2.75, 3.05) is 13.2 Å². The molecule has 1 heterocycles. The topological polar surface area (TPSA) is 192 Å². The molecule has 1 amide bonds. The Morgan fingerprint density at radius 1 is 0.449 bits per heavy atom. The fraction of sp³-hybridized carbons (Fsp3) is 0.908. The first-order valence-corrected chi connectivity index (χ1v) is 39.7. The molecule has 13 heteroatoms. The molecular weight excluding hydrogens is 1130 g/mol. The van der Waals surface area contributed by atoms with Gasteiger partial charge in [0.1, 0.15) is 24.4 Å². The average Bonchev–Trinajstić information content (AvgIpc) is 1.16. The van der Waals surface area contributed by atoms with Gasteiger partial charge in [0.15, 0.2) is 6.29 Å². The summed E-state index contributed by atoms with van der Waals surface area (Å²) in [5.74, 6) is -0.255. The van der Waals surface area contributed by atoms with Crippen molar-refractivity contribution in [1.82, 2.24) is 5.32 Å². The Balaban J connectivity index is 2.17. The number of aliphatic hydroxyl groups excluding tert-OH is 4. The maximum absolute atomic E-state index is 13.2. The number of nitrogens with one attached hydrogen (secondary N) is 1. The van der Waals surface area contributed by atoms with Crippen molar-refractivity contribution in [1.29, 1.82) is 0 Å². The van der Waals surface area contributed by atoms with Crippen LogP contribution in [0.15, 0.2) is 36.5 Å². The second-order valence-corrected chi connectivity index (χ2v) is 28.0. The zero-order valence-electron chi connectivity index (χ0n) is 58.0. The van der Waals surface area contributed by atoms with Crippen molar-refractivity contribution < 1.29 is 51.8 Å². The summed E-state index contributed by atoms with van der Waals surface area (Å²) in [6.45, 7) is 3.47. The highest BCUT2D eigenvalue weighted by Crippen LogP contribution is 2.27. The summed E-state index contributed by atoms with van der Waals surface area (Å²) in [6.07, 6.45) is 78.2. The van der Waals surface area contributed by atoms with Crippen LogP contribution in [0.5, 0.6) is 0 Å². The van der Waals surface area contributed by atoms with Crippen molar-refractivity contribution in [3.63, 3.8) is 0 Å². The Morgan fingerprint density at radius 3 is 1.07 bits per heavy atom. The third-order valence-electron chi connectivity index (χ3n) is 18.4. The number of amides is 1. The Labute approximate surface area is 549 Å². The number of aliphatic hydroxyl groups is 4. The molecule has 7 atom stereocenters. The third-order valence-corrected chi connectivity index (χ3v) is 18.9. The molecule has 1 rings (SSSR count). The van der Waals surface area contributed by atoms with Crippen LogP contribution in [0.2, 0.25) is 0 Å². The van der Waals surface area contributed by atoms with E-state index in [0.717, 1.165) is 44.9 Å². The molecule has 0 aromatic rings. The van der Waals surface area contributed by atoms with Crippen molar-refractivity contribution in [3.8, 4) is 0 Å². The summed E-state index contributed by atoms with van der Waals surface area (Å²) in [5.41, 5.74) is 0. The smallest absolute Gasteiger partial charge is 0.394 e. The van der Waals surface area contributed by atoms with E-state index >= 15 is 0 Å². The maximum atomic E-state index is 13.2. The highest BCUT2D eigenvalue weighted by atomic mass is 32.3. The predicted octanol–water partition coefficient (Wildman–Crippen LogP) is 20.8. The van der Waals surface area contributed by atoms with Gasteiger partial charge in [-0.25, -0.2) is 4.18 Å². The van der Waals surface area contributed by atoms with Crippen LogP contribution in [0.1, 0.15) is 386 Å². The lowest BCUT2D eigenvalue weighted by atomic mass is 9.99. The minimum absolute atomic E-state index is 0.255. The first kappa shape index (κ1) is 85.3. The van der Waals surface area contributed by atoms with Crippen LogP contribution in [0.3, 0.4) is 0 Å². The molecule has 12 nitrogen and oxygen atoms in total. The van der Waals surface area contributed by atoms with Gasteiger partial charge < -0.3 is 35.2 Å². The lowest BCUT2D eigenvalue weighted by Gasteiger charge is -2.41. The number of ether oxygens (including phenoxy) is 2. The Hall–Kier alpha value is -1.68. The zero-order chi connectivity index (χ0) is 64.6. The highest BCUT2D eigenvalue weighted by Gasteiger charge is 2.48. The SMILES string of the molecule is CCCCCCCCCCCCCCCCC/C=C\C/C=C\CCCCCCCCCCCCCCCCCCCC(=O)NC(COC1OC(CO)C(O)C(OS(=O)(=O)O)C1O)C(O)/C=C/CCCCCCCCCCCCCCCCCCCCCCC. The molecule has 526 valence electrons. The van der Waals surface area contributed by atoms with Gasteiger partial charge in [-0.2, -0.15) is 8.42 Å². The molecule has 0 aromatic heterocycles. The van der Waals surface area contributed by atoms with Crippen LogP contribution in [-0.4, -0.2) is 95.4 Å². The summed E-state index contributed by atoms with van der Waals surface area (Å²) in [6, 6.07) is -0.946. The summed E-state index contributed by atoms with van der Waals surface area (Å²) in [4.78, 5) is 13.2. The first-order valence-electron chi connectivity index (χ1n) is 38.4. The van der Waals surface area contributed by atoms with Gasteiger partial charge in [-0.1, -0.05) is 365 Å². The number of hydrogen-bond donors (Lipinski definition) is 6. The molecule has 0 aliphatic carbocycles. The molecule has 1 fully saturated rings. The van der Waals surface area contributed by atoms with E-state index in [1.807, 2.05) is 6.08 Å². The van der Waals surface area contributed by atoms with Crippen LogP contribution in [0.4, 0.5) is 0 Å². The van der Waals surface area contributed by atoms with E-state index in [4.69, 9.17) is 9.47 Å². The number of carbonyl (C=O) groups excluding carboxylic acids is 1.